The van der Waals surface area contributed by atoms with Crippen molar-refractivity contribution in [2.45, 2.75) is 29.2 Å². The van der Waals surface area contributed by atoms with Gasteiger partial charge in [-0.1, -0.05) is 59.4 Å². The maximum atomic E-state index is 12.5. The number of hydrogen-bond donors (Lipinski definition) is 1. The monoisotopic (exact) mass is 514 g/mol. The molecule has 3 aromatic carbocycles. The summed E-state index contributed by atoms with van der Waals surface area (Å²) in [4.78, 5) is 27.8. The number of H-pyrrole nitrogens is 1. The zero-order valence-corrected chi connectivity index (χ0v) is 20.9. The number of nitrogens with one attached hydrogen (secondary N) is 1. The molecule has 1 saturated heterocycles. The second-order valence-electron chi connectivity index (χ2n) is 8.56. The van der Waals surface area contributed by atoms with Gasteiger partial charge in [0.05, 0.1) is 5.56 Å². The summed E-state index contributed by atoms with van der Waals surface area (Å²) in [6, 6.07) is 25.2. The van der Waals surface area contributed by atoms with Gasteiger partial charge in [-0.3, -0.25) is 5.10 Å². The Bertz CT molecular complexity index is 1330. The molecule has 37 heavy (non-hydrogen) atoms. The molecule has 2 heterocycles. The molecule has 0 spiro atoms. The largest absolute Gasteiger partial charge is 0.424 e. The van der Waals surface area contributed by atoms with Crippen LogP contribution in [0.4, 0.5) is 5.69 Å². The van der Waals surface area contributed by atoms with E-state index in [0.717, 1.165) is 29.1 Å². The number of carbonyl (C=O) groups is 2. The molecular weight excluding hydrogens is 488 g/mol. The summed E-state index contributed by atoms with van der Waals surface area (Å²) in [5, 5.41) is 10.7. The summed E-state index contributed by atoms with van der Waals surface area (Å²) in [5.74, 6) is -1.29. The van der Waals surface area contributed by atoms with Gasteiger partial charge in [0, 0.05) is 23.7 Å². The molecule has 0 atom stereocenters. The van der Waals surface area contributed by atoms with Crippen molar-refractivity contribution in [2.24, 2.45) is 0 Å². The van der Waals surface area contributed by atoms with E-state index in [0.29, 0.717) is 10.6 Å². The third kappa shape index (κ3) is 6.18. The smallest absolute Gasteiger partial charge is 0.362 e. The number of piperidine rings is 1. The number of ether oxygens (including phenoxy) is 2. The summed E-state index contributed by atoms with van der Waals surface area (Å²) >= 11 is 1.29. The third-order valence-corrected chi connectivity index (χ3v) is 7.09. The van der Waals surface area contributed by atoms with Crippen LogP contribution < -0.4 is 4.90 Å². The first-order chi connectivity index (χ1) is 18.2. The van der Waals surface area contributed by atoms with E-state index >= 15 is 0 Å². The van der Waals surface area contributed by atoms with Gasteiger partial charge in [-0.2, -0.15) is 0 Å². The Labute approximate surface area is 219 Å². The molecule has 0 unspecified atom stereocenters. The normalized spacial score (nSPS) is 13.2. The molecule has 1 fully saturated rings. The standard InChI is InChI=1S/C28H26N4O4S/c33-27(22-7-3-1-4-8-22)35-19-36-28(34)25-26(30-31-29-25)37-24-15-11-21(12-16-24)20-9-13-23(14-10-20)32-17-5-2-6-18-32/h1,3-4,7-16H,2,5-6,17-19H2,(H,29,30,31). The Hall–Kier alpha value is -4.11. The van der Waals surface area contributed by atoms with Crippen molar-refractivity contribution in [1.29, 1.82) is 0 Å². The highest BCUT2D eigenvalue weighted by molar-refractivity contribution is 7.99. The van der Waals surface area contributed by atoms with E-state index in [4.69, 9.17) is 9.47 Å². The van der Waals surface area contributed by atoms with Crippen LogP contribution in [-0.4, -0.2) is 47.2 Å². The zero-order valence-electron chi connectivity index (χ0n) is 20.1. The number of anilines is 1. The third-order valence-electron chi connectivity index (χ3n) is 6.10. The van der Waals surface area contributed by atoms with Crippen LogP contribution in [0.3, 0.4) is 0 Å². The minimum atomic E-state index is -0.709. The van der Waals surface area contributed by atoms with E-state index < -0.39 is 18.7 Å². The highest BCUT2D eigenvalue weighted by Gasteiger charge is 2.19. The van der Waals surface area contributed by atoms with Crippen LogP contribution in [0, 0.1) is 0 Å². The minimum absolute atomic E-state index is 0.0955. The van der Waals surface area contributed by atoms with Crippen LogP contribution in [0.1, 0.15) is 40.1 Å². The SMILES string of the molecule is O=C(OCOC(=O)c1[nH]nnc1Sc1ccc(-c2ccc(N3CCCCC3)cc2)cc1)c1ccccc1. The fraction of sp³-hybridized carbons (Fsp3) is 0.214. The summed E-state index contributed by atoms with van der Waals surface area (Å²) < 4.78 is 10.1. The van der Waals surface area contributed by atoms with Crippen LogP contribution in [0.5, 0.6) is 0 Å². The van der Waals surface area contributed by atoms with Gasteiger partial charge < -0.3 is 14.4 Å². The Morgan fingerprint density at radius 3 is 2.16 bits per heavy atom. The first kappa shape index (κ1) is 24.6. The van der Waals surface area contributed by atoms with E-state index in [2.05, 4.69) is 44.6 Å². The van der Waals surface area contributed by atoms with Crippen molar-refractivity contribution in [3.63, 3.8) is 0 Å². The average molecular weight is 515 g/mol. The van der Waals surface area contributed by atoms with Crippen molar-refractivity contribution >= 4 is 29.4 Å². The molecule has 5 rings (SSSR count). The molecule has 0 amide bonds. The highest BCUT2D eigenvalue weighted by Crippen LogP contribution is 2.31. The molecule has 9 heteroatoms. The second kappa shape index (κ2) is 11.7. The van der Waals surface area contributed by atoms with E-state index in [1.807, 2.05) is 24.3 Å². The predicted molar refractivity (Wildman–Crippen MR) is 141 cm³/mol. The van der Waals surface area contributed by atoms with E-state index in [9.17, 15) is 9.59 Å². The van der Waals surface area contributed by atoms with Gasteiger partial charge >= 0.3 is 11.9 Å². The lowest BCUT2D eigenvalue weighted by Crippen LogP contribution is -2.29. The molecule has 188 valence electrons. The van der Waals surface area contributed by atoms with Crippen LogP contribution in [-0.2, 0) is 9.47 Å². The molecule has 8 nitrogen and oxygen atoms in total. The highest BCUT2D eigenvalue weighted by atomic mass is 32.2. The predicted octanol–water partition coefficient (Wildman–Crippen LogP) is 5.58. The fourth-order valence-corrected chi connectivity index (χ4v) is 4.94. The maximum absolute atomic E-state index is 12.5. The quantitative estimate of drug-likeness (QED) is 0.240. The van der Waals surface area contributed by atoms with E-state index in [1.165, 1.54) is 36.7 Å². The van der Waals surface area contributed by atoms with Crippen LogP contribution >= 0.6 is 11.8 Å². The fourth-order valence-electron chi connectivity index (χ4n) is 4.13. The first-order valence-corrected chi connectivity index (χ1v) is 12.9. The van der Waals surface area contributed by atoms with E-state index in [1.54, 1.807) is 30.3 Å². The lowest BCUT2D eigenvalue weighted by molar-refractivity contribution is -0.0173. The number of rotatable bonds is 8. The summed E-state index contributed by atoms with van der Waals surface area (Å²) in [6.45, 7) is 1.74. The van der Waals surface area contributed by atoms with Gasteiger partial charge in [-0.05, 0) is 66.8 Å². The molecule has 1 aromatic heterocycles. The molecule has 0 radical (unpaired) electrons. The summed E-state index contributed by atoms with van der Waals surface area (Å²) in [6.07, 6.45) is 3.83. The zero-order chi connectivity index (χ0) is 25.5. The molecule has 0 saturated carbocycles. The molecule has 0 aliphatic carbocycles. The summed E-state index contributed by atoms with van der Waals surface area (Å²) in [5.41, 5.74) is 4.00. The summed E-state index contributed by atoms with van der Waals surface area (Å²) in [7, 11) is 0. The average Bonchev–Trinajstić information content (AvgIpc) is 3.42. The van der Waals surface area contributed by atoms with Crippen molar-refractivity contribution < 1.29 is 19.1 Å². The minimum Gasteiger partial charge on any atom is -0.424 e. The molecule has 4 aromatic rings. The lowest BCUT2D eigenvalue weighted by Gasteiger charge is -2.28. The van der Waals surface area contributed by atoms with Crippen molar-refractivity contribution in [2.75, 3.05) is 24.8 Å². The van der Waals surface area contributed by atoms with Gasteiger partial charge in [0.25, 0.3) is 0 Å². The number of aromatic amines is 1. The number of benzene rings is 3. The Morgan fingerprint density at radius 2 is 1.46 bits per heavy atom. The van der Waals surface area contributed by atoms with E-state index in [-0.39, 0.29) is 5.69 Å². The number of hydrogen-bond acceptors (Lipinski definition) is 8. The number of carbonyl (C=O) groups excluding carboxylic acids is 2. The van der Waals surface area contributed by atoms with Crippen molar-refractivity contribution in [3.8, 4) is 11.1 Å². The molecule has 0 bridgehead atoms. The van der Waals surface area contributed by atoms with Crippen molar-refractivity contribution in [3.05, 3.63) is 90.1 Å². The molecular formula is C28H26N4O4S. The topological polar surface area (TPSA) is 97.4 Å². The number of nitrogens with zero attached hydrogens (tertiary/aromatic N) is 3. The second-order valence-corrected chi connectivity index (χ2v) is 9.62. The number of esters is 2. The lowest BCUT2D eigenvalue weighted by atomic mass is 10.0. The molecule has 1 aliphatic rings. The van der Waals surface area contributed by atoms with Gasteiger partial charge in [0.2, 0.25) is 6.79 Å². The van der Waals surface area contributed by atoms with Gasteiger partial charge in [-0.15, -0.1) is 5.10 Å². The van der Waals surface area contributed by atoms with Gasteiger partial charge in [0.15, 0.2) is 10.7 Å². The van der Waals surface area contributed by atoms with Crippen molar-refractivity contribution in [1.82, 2.24) is 15.4 Å². The number of aromatic nitrogens is 3. The Kier molecular flexibility index (Phi) is 7.81. The Balaban J connectivity index is 1.16. The van der Waals surface area contributed by atoms with Crippen LogP contribution in [0.25, 0.3) is 11.1 Å². The first-order valence-electron chi connectivity index (χ1n) is 12.1. The van der Waals surface area contributed by atoms with Crippen LogP contribution in [0.2, 0.25) is 0 Å². The van der Waals surface area contributed by atoms with Gasteiger partial charge in [0.1, 0.15) is 0 Å². The van der Waals surface area contributed by atoms with Crippen LogP contribution in [0.15, 0.2) is 88.8 Å². The van der Waals surface area contributed by atoms with Gasteiger partial charge in [-0.25, -0.2) is 9.59 Å². The maximum Gasteiger partial charge on any atom is 0.362 e. The molecule has 1 aliphatic heterocycles. The Morgan fingerprint density at radius 1 is 0.811 bits per heavy atom. The molecule has 1 N–H and O–H groups in total.